The molecule has 1 aliphatic heterocycles. The molecule has 3 fully saturated rings. The summed E-state index contributed by atoms with van der Waals surface area (Å²) in [6, 6.07) is 2.05. The maximum Gasteiger partial charge on any atom is 0.0252 e. The van der Waals surface area contributed by atoms with Gasteiger partial charge in [0.15, 0.2) is 0 Å². The van der Waals surface area contributed by atoms with E-state index in [2.05, 4.69) is 11.8 Å². The molecule has 2 N–H and O–H groups in total. The maximum absolute atomic E-state index is 6.46. The number of rotatable bonds is 2. The van der Waals surface area contributed by atoms with Crippen LogP contribution in [0.15, 0.2) is 0 Å². The van der Waals surface area contributed by atoms with Crippen molar-refractivity contribution >= 4 is 0 Å². The second kappa shape index (κ2) is 5.50. The van der Waals surface area contributed by atoms with Gasteiger partial charge in [-0.2, -0.15) is 0 Å². The first-order valence-electron chi connectivity index (χ1n) is 8.31. The molecule has 0 aromatic rings. The Morgan fingerprint density at radius 1 is 1.00 bits per heavy atom. The Hall–Kier alpha value is -0.0800. The van der Waals surface area contributed by atoms with Gasteiger partial charge in [0, 0.05) is 18.1 Å². The third-order valence-electron chi connectivity index (χ3n) is 6.03. The lowest BCUT2D eigenvalue weighted by Crippen LogP contribution is -2.53. The third kappa shape index (κ3) is 2.34. The van der Waals surface area contributed by atoms with E-state index in [0.29, 0.717) is 12.1 Å². The van der Waals surface area contributed by atoms with Gasteiger partial charge in [0.2, 0.25) is 0 Å². The third-order valence-corrected chi connectivity index (χ3v) is 6.03. The summed E-state index contributed by atoms with van der Waals surface area (Å²) in [7, 11) is 0. The highest BCUT2D eigenvalue weighted by Gasteiger charge is 2.42. The minimum absolute atomic E-state index is 0.452. The van der Waals surface area contributed by atoms with Gasteiger partial charge in [-0.25, -0.2) is 0 Å². The van der Waals surface area contributed by atoms with Crippen molar-refractivity contribution in [2.75, 3.05) is 6.54 Å². The van der Waals surface area contributed by atoms with Crippen LogP contribution in [0.1, 0.15) is 64.7 Å². The summed E-state index contributed by atoms with van der Waals surface area (Å²) in [6.45, 7) is 3.69. The monoisotopic (exact) mass is 250 g/mol. The molecule has 3 rings (SSSR count). The lowest BCUT2D eigenvalue weighted by Gasteiger charge is -2.44. The summed E-state index contributed by atoms with van der Waals surface area (Å²) in [4.78, 5) is 2.84. The van der Waals surface area contributed by atoms with Gasteiger partial charge < -0.3 is 5.73 Å². The van der Waals surface area contributed by atoms with Crippen LogP contribution in [0.25, 0.3) is 0 Å². The summed E-state index contributed by atoms with van der Waals surface area (Å²) >= 11 is 0. The van der Waals surface area contributed by atoms with Gasteiger partial charge in [-0.3, -0.25) is 4.90 Å². The van der Waals surface area contributed by atoms with Crippen LogP contribution in [0.4, 0.5) is 0 Å². The van der Waals surface area contributed by atoms with Crippen LogP contribution in [-0.2, 0) is 0 Å². The zero-order valence-electron chi connectivity index (χ0n) is 12.0. The molecule has 2 aliphatic carbocycles. The Kier molecular flexibility index (Phi) is 3.95. The molecule has 5 atom stereocenters. The molecule has 0 aromatic carbocycles. The molecular weight excluding hydrogens is 220 g/mol. The topological polar surface area (TPSA) is 29.3 Å². The Bertz CT molecular complexity index is 278. The van der Waals surface area contributed by atoms with E-state index in [1.165, 1.54) is 64.3 Å². The lowest BCUT2D eigenvalue weighted by atomic mass is 9.79. The average molecular weight is 250 g/mol. The van der Waals surface area contributed by atoms with Crippen LogP contribution in [0.3, 0.4) is 0 Å². The molecule has 18 heavy (non-hydrogen) atoms. The van der Waals surface area contributed by atoms with E-state index in [9.17, 15) is 0 Å². The minimum atomic E-state index is 0.452. The fraction of sp³-hybridized carbons (Fsp3) is 1.00. The minimum Gasteiger partial charge on any atom is -0.326 e. The smallest absolute Gasteiger partial charge is 0.0252 e. The molecule has 0 amide bonds. The SMILES string of the molecule is CCC1CCC(N)C(N2CCC3CCCCC32)C1. The number of hydrogen-bond donors (Lipinski definition) is 1. The summed E-state index contributed by atoms with van der Waals surface area (Å²) in [5.41, 5.74) is 6.46. The highest BCUT2D eigenvalue weighted by Crippen LogP contribution is 2.40. The van der Waals surface area contributed by atoms with Crippen molar-refractivity contribution in [3.8, 4) is 0 Å². The van der Waals surface area contributed by atoms with Crippen LogP contribution in [0.5, 0.6) is 0 Å². The Morgan fingerprint density at radius 2 is 1.83 bits per heavy atom. The average Bonchev–Trinajstić information content (AvgIpc) is 2.83. The Labute approximate surface area is 112 Å². The molecule has 2 nitrogen and oxygen atoms in total. The summed E-state index contributed by atoms with van der Waals surface area (Å²) < 4.78 is 0. The number of nitrogens with zero attached hydrogens (tertiary/aromatic N) is 1. The molecule has 0 radical (unpaired) electrons. The number of fused-ring (bicyclic) bond motifs is 1. The van der Waals surface area contributed by atoms with Gasteiger partial charge in [-0.1, -0.05) is 26.2 Å². The molecule has 3 aliphatic rings. The van der Waals surface area contributed by atoms with E-state index in [1.54, 1.807) is 0 Å². The van der Waals surface area contributed by atoms with Gasteiger partial charge in [0.1, 0.15) is 0 Å². The first-order chi connectivity index (χ1) is 8.79. The molecule has 2 saturated carbocycles. The van der Waals surface area contributed by atoms with Crippen LogP contribution in [0.2, 0.25) is 0 Å². The van der Waals surface area contributed by atoms with E-state index in [1.807, 2.05) is 0 Å². The van der Waals surface area contributed by atoms with E-state index < -0.39 is 0 Å². The van der Waals surface area contributed by atoms with E-state index >= 15 is 0 Å². The highest BCUT2D eigenvalue weighted by molar-refractivity contribution is 4.98. The van der Waals surface area contributed by atoms with Crippen molar-refractivity contribution in [2.24, 2.45) is 17.6 Å². The van der Waals surface area contributed by atoms with Crippen molar-refractivity contribution in [1.29, 1.82) is 0 Å². The summed E-state index contributed by atoms with van der Waals surface area (Å²) in [5, 5.41) is 0. The molecule has 0 bridgehead atoms. The van der Waals surface area contributed by atoms with Crippen LogP contribution in [-0.4, -0.2) is 29.6 Å². The number of likely N-dealkylation sites (tertiary alicyclic amines) is 1. The number of nitrogens with two attached hydrogens (primary N) is 1. The molecule has 104 valence electrons. The largest absolute Gasteiger partial charge is 0.326 e. The standard InChI is InChI=1S/C16H30N2/c1-2-12-7-8-14(17)16(11-12)18-10-9-13-5-3-4-6-15(13)18/h12-16H,2-11,17H2,1H3. The molecular formula is C16H30N2. The van der Waals surface area contributed by atoms with Crippen molar-refractivity contribution in [3.05, 3.63) is 0 Å². The van der Waals surface area contributed by atoms with Crippen molar-refractivity contribution < 1.29 is 0 Å². The fourth-order valence-electron chi connectivity index (χ4n) is 4.86. The van der Waals surface area contributed by atoms with Crippen LogP contribution in [0, 0.1) is 11.8 Å². The highest BCUT2D eigenvalue weighted by atomic mass is 15.2. The summed E-state index contributed by atoms with van der Waals surface area (Å²) in [6.07, 6.45) is 12.7. The van der Waals surface area contributed by atoms with Crippen molar-refractivity contribution in [2.45, 2.75) is 82.8 Å². The normalized spacial score (nSPS) is 46.0. The van der Waals surface area contributed by atoms with Crippen molar-refractivity contribution in [1.82, 2.24) is 4.90 Å². The Balaban J connectivity index is 1.69. The molecule has 1 heterocycles. The van der Waals surface area contributed by atoms with Crippen LogP contribution >= 0.6 is 0 Å². The second-order valence-electron chi connectivity index (χ2n) is 6.96. The molecule has 2 heteroatoms. The van der Waals surface area contributed by atoms with Gasteiger partial charge in [0.25, 0.3) is 0 Å². The van der Waals surface area contributed by atoms with E-state index in [4.69, 9.17) is 5.73 Å². The zero-order valence-corrected chi connectivity index (χ0v) is 12.0. The predicted octanol–water partition coefficient (Wildman–Crippen LogP) is 3.16. The molecule has 0 spiro atoms. The van der Waals surface area contributed by atoms with Crippen LogP contribution < -0.4 is 5.73 Å². The first kappa shape index (κ1) is 12.9. The summed E-state index contributed by atoms with van der Waals surface area (Å²) in [5.74, 6) is 1.95. The molecule has 1 saturated heterocycles. The van der Waals surface area contributed by atoms with Crippen molar-refractivity contribution in [3.63, 3.8) is 0 Å². The quantitative estimate of drug-likeness (QED) is 0.815. The lowest BCUT2D eigenvalue weighted by molar-refractivity contribution is 0.0751. The van der Waals surface area contributed by atoms with Gasteiger partial charge in [-0.15, -0.1) is 0 Å². The second-order valence-corrected chi connectivity index (χ2v) is 6.96. The Morgan fingerprint density at radius 3 is 2.67 bits per heavy atom. The first-order valence-corrected chi connectivity index (χ1v) is 8.31. The van der Waals surface area contributed by atoms with Gasteiger partial charge in [-0.05, 0) is 56.9 Å². The van der Waals surface area contributed by atoms with Gasteiger partial charge in [0.05, 0.1) is 0 Å². The molecule has 0 aromatic heterocycles. The maximum atomic E-state index is 6.46. The van der Waals surface area contributed by atoms with E-state index in [-0.39, 0.29) is 0 Å². The van der Waals surface area contributed by atoms with E-state index in [0.717, 1.165) is 17.9 Å². The zero-order chi connectivity index (χ0) is 12.5. The van der Waals surface area contributed by atoms with Gasteiger partial charge >= 0.3 is 0 Å². The molecule has 5 unspecified atom stereocenters. The fourth-order valence-corrected chi connectivity index (χ4v) is 4.86. The predicted molar refractivity (Wildman–Crippen MR) is 76.5 cm³/mol. The number of hydrogen-bond acceptors (Lipinski definition) is 2.